The lowest BCUT2D eigenvalue weighted by Gasteiger charge is -2.06. The molecule has 0 bridgehead atoms. The molecule has 1 aliphatic rings. The van der Waals surface area contributed by atoms with Gasteiger partial charge in [-0.3, -0.25) is 4.79 Å². The van der Waals surface area contributed by atoms with Crippen LogP contribution >= 0.6 is 11.6 Å². The van der Waals surface area contributed by atoms with E-state index >= 15 is 0 Å². The summed E-state index contributed by atoms with van der Waals surface area (Å²) >= 11 is 5.82. The van der Waals surface area contributed by atoms with Crippen LogP contribution in [0.25, 0.3) is 0 Å². The minimum Gasteiger partial charge on any atom is -0.454 e. The van der Waals surface area contributed by atoms with Crippen LogP contribution in [0.2, 0.25) is 5.15 Å². The minimum absolute atomic E-state index is 0.0671. The predicted molar refractivity (Wildman–Crippen MR) is 82.3 cm³/mol. The van der Waals surface area contributed by atoms with E-state index in [1.165, 1.54) is 23.4 Å². The molecule has 1 heterocycles. The number of nitrogens with zero attached hydrogens (tertiary/aromatic N) is 1. The van der Waals surface area contributed by atoms with Crippen LogP contribution in [0, 0.1) is 0 Å². The third-order valence-electron chi connectivity index (χ3n) is 3.73. The van der Waals surface area contributed by atoms with Crippen molar-refractivity contribution in [1.82, 2.24) is 4.98 Å². The highest BCUT2D eigenvalue weighted by Crippen LogP contribution is 2.23. The number of ketones is 1. The van der Waals surface area contributed by atoms with E-state index < -0.39 is 5.97 Å². The Balaban J connectivity index is 1.65. The quantitative estimate of drug-likeness (QED) is 0.493. The van der Waals surface area contributed by atoms with Crippen molar-refractivity contribution in [1.29, 1.82) is 0 Å². The van der Waals surface area contributed by atoms with E-state index in [9.17, 15) is 9.59 Å². The molecular formula is C17H14ClNO3. The number of pyridine rings is 1. The van der Waals surface area contributed by atoms with E-state index in [1.54, 1.807) is 12.1 Å². The summed E-state index contributed by atoms with van der Waals surface area (Å²) in [4.78, 5) is 27.8. The molecular weight excluding hydrogens is 302 g/mol. The van der Waals surface area contributed by atoms with Crippen molar-refractivity contribution in [2.75, 3.05) is 6.61 Å². The fourth-order valence-electron chi connectivity index (χ4n) is 2.58. The van der Waals surface area contributed by atoms with Crippen LogP contribution in [0.15, 0.2) is 36.5 Å². The second-order valence-corrected chi connectivity index (χ2v) is 5.54. The topological polar surface area (TPSA) is 56.3 Å². The number of esters is 1. The molecule has 0 atom stereocenters. The molecule has 0 fully saturated rings. The van der Waals surface area contributed by atoms with Crippen LogP contribution < -0.4 is 0 Å². The van der Waals surface area contributed by atoms with Crippen molar-refractivity contribution in [2.24, 2.45) is 0 Å². The molecule has 2 aromatic rings. The minimum atomic E-state index is -0.646. The Bertz CT molecular complexity index is 742. The molecule has 5 heteroatoms. The van der Waals surface area contributed by atoms with Gasteiger partial charge in [0.2, 0.25) is 0 Å². The van der Waals surface area contributed by atoms with Gasteiger partial charge in [0.25, 0.3) is 0 Å². The van der Waals surface area contributed by atoms with Gasteiger partial charge in [-0.2, -0.15) is 0 Å². The number of aromatic nitrogens is 1. The Morgan fingerprint density at radius 1 is 1.18 bits per heavy atom. The molecule has 0 amide bonds. The number of halogens is 1. The zero-order valence-corrected chi connectivity index (χ0v) is 12.6. The lowest BCUT2D eigenvalue weighted by Crippen LogP contribution is -2.15. The first-order chi connectivity index (χ1) is 10.6. The van der Waals surface area contributed by atoms with E-state index in [4.69, 9.17) is 16.3 Å². The van der Waals surface area contributed by atoms with Gasteiger partial charge in [0.15, 0.2) is 12.4 Å². The highest BCUT2D eigenvalue weighted by molar-refractivity contribution is 6.32. The van der Waals surface area contributed by atoms with Crippen LogP contribution in [-0.2, 0) is 17.6 Å². The fourth-order valence-corrected chi connectivity index (χ4v) is 2.77. The second kappa shape index (κ2) is 6.28. The Hall–Kier alpha value is -2.20. The number of benzene rings is 1. The SMILES string of the molecule is O=C(COC(=O)c1cccnc1Cl)c1ccc2c(c1)CCC2. The molecule has 0 saturated carbocycles. The Kier molecular flexibility index (Phi) is 4.20. The van der Waals surface area contributed by atoms with Gasteiger partial charge in [0, 0.05) is 11.8 Å². The van der Waals surface area contributed by atoms with Gasteiger partial charge in [-0.15, -0.1) is 0 Å². The van der Waals surface area contributed by atoms with E-state index in [0.717, 1.165) is 19.3 Å². The van der Waals surface area contributed by atoms with Crippen LogP contribution in [0.5, 0.6) is 0 Å². The third kappa shape index (κ3) is 3.02. The molecule has 0 N–H and O–H groups in total. The van der Waals surface area contributed by atoms with Crippen molar-refractivity contribution in [3.8, 4) is 0 Å². The second-order valence-electron chi connectivity index (χ2n) is 5.18. The molecule has 4 nitrogen and oxygen atoms in total. The molecule has 3 rings (SSSR count). The number of carbonyl (C=O) groups excluding carboxylic acids is 2. The van der Waals surface area contributed by atoms with Crippen molar-refractivity contribution in [2.45, 2.75) is 19.3 Å². The highest BCUT2D eigenvalue weighted by Gasteiger charge is 2.17. The number of ether oxygens (including phenoxy) is 1. The lowest BCUT2D eigenvalue weighted by atomic mass is 10.0. The van der Waals surface area contributed by atoms with Crippen molar-refractivity contribution in [3.63, 3.8) is 0 Å². The fraction of sp³-hybridized carbons (Fsp3) is 0.235. The first kappa shape index (κ1) is 14.7. The summed E-state index contributed by atoms with van der Waals surface area (Å²) in [5.41, 5.74) is 3.25. The zero-order chi connectivity index (χ0) is 15.5. The standard InChI is InChI=1S/C17H14ClNO3/c18-16-14(5-2-8-19-16)17(21)22-10-15(20)13-7-6-11-3-1-4-12(11)9-13/h2,5-9H,1,3-4,10H2. The zero-order valence-electron chi connectivity index (χ0n) is 11.8. The number of hydrogen-bond acceptors (Lipinski definition) is 4. The highest BCUT2D eigenvalue weighted by atomic mass is 35.5. The van der Waals surface area contributed by atoms with Gasteiger partial charge in [-0.1, -0.05) is 23.7 Å². The van der Waals surface area contributed by atoms with Crippen LogP contribution in [0.4, 0.5) is 0 Å². The summed E-state index contributed by atoms with van der Waals surface area (Å²) in [7, 11) is 0. The van der Waals surface area contributed by atoms with E-state index in [2.05, 4.69) is 4.98 Å². The van der Waals surface area contributed by atoms with E-state index in [1.807, 2.05) is 12.1 Å². The number of carbonyl (C=O) groups is 2. The van der Waals surface area contributed by atoms with Gasteiger partial charge in [0.1, 0.15) is 5.15 Å². The lowest BCUT2D eigenvalue weighted by molar-refractivity contribution is 0.0474. The molecule has 1 aromatic heterocycles. The van der Waals surface area contributed by atoms with Gasteiger partial charge < -0.3 is 4.74 Å². The van der Waals surface area contributed by atoms with Gasteiger partial charge in [0.05, 0.1) is 5.56 Å². The van der Waals surface area contributed by atoms with Gasteiger partial charge in [-0.25, -0.2) is 9.78 Å². The molecule has 1 aromatic carbocycles. The monoisotopic (exact) mass is 315 g/mol. The molecule has 1 aliphatic carbocycles. The Morgan fingerprint density at radius 3 is 2.82 bits per heavy atom. The average molecular weight is 316 g/mol. The summed E-state index contributed by atoms with van der Waals surface area (Å²) in [6.45, 7) is -0.303. The van der Waals surface area contributed by atoms with Crippen molar-refractivity contribution >= 4 is 23.4 Å². The maximum atomic E-state index is 12.1. The number of aryl methyl sites for hydroxylation is 2. The Labute approximate surface area is 133 Å². The normalized spacial score (nSPS) is 12.8. The molecule has 112 valence electrons. The molecule has 0 unspecified atom stereocenters. The molecule has 0 radical (unpaired) electrons. The first-order valence-corrected chi connectivity index (χ1v) is 7.45. The average Bonchev–Trinajstić information content (AvgIpc) is 3.00. The summed E-state index contributed by atoms with van der Waals surface area (Å²) in [5.74, 6) is -0.865. The van der Waals surface area contributed by atoms with E-state index in [-0.39, 0.29) is 23.1 Å². The summed E-state index contributed by atoms with van der Waals surface area (Å²) in [5, 5.41) is 0.0671. The van der Waals surface area contributed by atoms with Crippen molar-refractivity contribution in [3.05, 3.63) is 63.9 Å². The van der Waals surface area contributed by atoms with Crippen molar-refractivity contribution < 1.29 is 14.3 Å². The first-order valence-electron chi connectivity index (χ1n) is 7.08. The Morgan fingerprint density at radius 2 is 2.00 bits per heavy atom. The third-order valence-corrected chi connectivity index (χ3v) is 4.04. The van der Waals surface area contributed by atoms with E-state index in [0.29, 0.717) is 5.56 Å². The summed E-state index contributed by atoms with van der Waals surface area (Å²) < 4.78 is 5.03. The predicted octanol–water partition coefficient (Wildman–Crippen LogP) is 3.26. The molecule has 0 spiro atoms. The molecule has 0 saturated heterocycles. The summed E-state index contributed by atoms with van der Waals surface area (Å²) in [6, 6.07) is 8.77. The number of rotatable bonds is 4. The number of fused-ring (bicyclic) bond motifs is 1. The number of Topliss-reactive ketones (excluding diaryl/α,β-unsaturated/α-hetero) is 1. The van der Waals surface area contributed by atoms with Crippen LogP contribution in [0.3, 0.4) is 0 Å². The molecule has 0 aliphatic heterocycles. The maximum absolute atomic E-state index is 12.1. The summed E-state index contributed by atoms with van der Waals surface area (Å²) in [6.07, 6.45) is 4.68. The molecule has 22 heavy (non-hydrogen) atoms. The van der Waals surface area contributed by atoms with Gasteiger partial charge in [-0.05, 0) is 48.6 Å². The smallest absolute Gasteiger partial charge is 0.341 e. The number of hydrogen-bond donors (Lipinski definition) is 0. The maximum Gasteiger partial charge on any atom is 0.341 e. The van der Waals surface area contributed by atoms with Gasteiger partial charge >= 0.3 is 5.97 Å². The van der Waals surface area contributed by atoms with Crippen LogP contribution in [0.1, 0.15) is 38.3 Å². The largest absolute Gasteiger partial charge is 0.454 e. The van der Waals surface area contributed by atoms with Crippen LogP contribution in [-0.4, -0.2) is 23.3 Å².